The van der Waals surface area contributed by atoms with Crippen LogP contribution in [-0.4, -0.2) is 69.8 Å². The Kier molecular flexibility index (Phi) is 17.8. The number of hydrogen-bond acceptors (Lipinski definition) is 6. The first kappa shape index (κ1) is 54.4. The van der Waals surface area contributed by atoms with Crippen molar-refractivity contribution in [1.82, 2.24) is 69.8 Å². The molecule has 16 rings (SSSR count). The van der Waals surface area contributed by atoms with Gasteiger partial charge >= 0.3 is 0 Å². The van der Waals surface area contributed by atoms with Crippen LogP contribution >= 0.6 is 0 Å². The Morgan fingerprint density at radius 3 is 1.46 bits per heavy atom. The van der Waals surface area contributed by atoms with Gasteiger partial charge in [-0.15, -0.1) is 0 Å². The van der Waals surface area contributed by atoms with Gasteiger partial charge in [0.05, 0.1) is 33.8 Å². The van der Waals surface area contributed by atoms with E-state index < -0.39 is 0 Å². The van der Waals surface area contributed by atoms with E-state index in [-0.39, 0.29) is 0 Å². The molecule has 14 aromatic heterocycles. The molecule has 0 aliphatic carbocycles. The van der Waals surface area contributed by atoms with E-state index in [0.717, 1.165) is 50.0 Å². The van der Waals surface area contributed by atoms with E-state index in [0.29, 0.717) is 0 Å². The number of aromatic amines is 8. The summed E-state index contributed by atoms with van der Waals surface area (Å²) in [4.78, 5) is 49.9. The van der Waals surface area contributed by atoms with Crippen LogP contribution in [0, 0.1) is 55.4 Å². The highest BCUT2D eigenvalue weighted by Crippen LogP contribution is 2.19. The van der Waals surface area contributed by atoms with Crippen molar-refractivity contribution in [1.29, 1.82) is 0 Å². The number of fused-ring (bicyclic) bond motifs is 8. The molecule has 16 aromatic rings. The average molecular weight is 1060 g/mol. The summed E-state index contributed by atoms with van der Waals surface area (Å²) in [5.41, 5.74) is 21.1. The van der Waals surface area contributed by atoms with Crippen molar-refractivity contribution in [3.63, 3.8) is 0 Å². The summed E-state index contributed by atoms with van der Waals surface area (Å²) in [6.07, 6.45) is 26.3. The zero-order valence-electron chi connectivity index (χ0n) is 46.3. The van der Waals surface area contributed by atoms with Gasteiger partial charge in [0.15, 0.2) is 0 Å². The second kappa shape index (κ2) is 26.1. The van der Waals surface area contributed by atoms with Crippen LogP contribution in [0.5, 0.6) is 0 Å². The van der Waals surface area contributed by atoms with Crippen molar-refractivity contribution in [2.24, 2.45) is 0 Å². The lowest BCUT2D eigenvalue weighted by Gasteiger charge is -1.86. The second-order valence-electron chi connectivity index (χ2n) is 19.4. The lowest BCUT2D eigenvalue weighted by molar-refractivity contribution is 1.29. The van der Waals surface area contributed by atoms with Gasteiger partial charge < -0.3 is 39.9 Å². The van der Waals surface area contributed by atoms with Crippen molar-refractivity contribution in [3.05, 3.63) is 253 Å². The average Bonchev–Trinajstić information content (AvgIpc) is 4.40. The Labute approximate surface area is 463 Å². The molecule has 14 heterocycles. The summed E-state index contributed by atoms with van der Waals surface area (Å²) in [5, 5.41) is 7.47. The largest absolute Gasteiger partial charge is 0.361 e. The van der Waals surface area contributed by atoms with Gasteiger partial charge in [-0.3, -0.25) is 24.9 Å². The fraction of sp³-hybridized carbons (Fsp3) is 0.121. The monoisotopic (exact) mass is 1050 g/mol. The Bertz CT molecular complexity index is 3790. The second-order valence-corrected chi connectivity index (χ2v) is 19.4. The topological polar surface area (TPSA) is 204 Å². The molecule has 8 N–H and O–H groups in total. The van der Waals surface area contributed by atoms with Gasteiger partial charge in [-0.05, 0) is 174 Å². The fourth-order valence-electron chi connectivity index (χ4n) is 9.04. The van der Waals surface area contributed by atoms with Gasteiger partial charge in [-0.1, -0.05) is 36.4 Å². The van der Waals surface area contributed by atoms with E-state index in [9.17, 15) is 0 Å². The third-order valence-corrected chi connectivity index (χ3v) is 13.2. The molecule has 80 heavy (non-hydrogen) atoms. The number of aromatic nitrogens is 14. The van der Waals surface area contributed by atoms with Crippen molar-refractivity contribution < 1.29 is 0 Å². The molecule has 0 radical (unpaired) electrons. The van der Waals surface area contributed by atoms with Gasteiger partial charge in [0.2, 0.25) is 0 Å². The molecule has 14 nitrogen and oxygen atoms in total. The fourth-order valence-corrected chi connectivity index (χ4v) is 9.04. The molecule has 0 aliphatic heterocycles. The summed E-state index contributed by atoms with van der Waals surface area (Å²) in [7, 11) is 0. The van der Waals surface area contributed by atoms with E-state index in [1.165, 1.54) is 82.6 Å². The Morgan fingerprint density at radius 2 is 0.775 bits per heavy atom. The summed E-state index contributed by atoms with van der Waals surface area (Å²) in [5.74, 6) is 0. The number of nitrogens with zero attached hydrogens (tertiary/aromatic N) is 6. The summed E-state index contributed by atoms with van der Waals surface area (Å²) in [6, 6.07) is 40.7. The van der Waals surface area contributed by atoms with Crippen molar-refractivity contribution >= 4 is 87.6 Å². The Balaban J connectivity index is 0.000000111. The van der Waals surface area contributed by atoms with Crippen LogP contribution in [0.25, 0.3) is 87.6 Å². The summed E-state index contributed by atoms with van der Waals surface area (Å²) in [6.45, 7) is 16.5. The lowest BCUT2D eigenvalue weighted by atomic mass is 10.2. The third-order valence-electron chi connectivity index (χ3n) is 13.2. The molecule has 0 unspecified atom stereocenters. The smallest absolute Gasteiger partial charge is 0.137 e. The predicted octanol–water partition coefficient (Wildman–Crippen LogP) is 16.2. The highest BCUT2D eigenvalue weighted by molar-refractivity contribution is 5.85. The number of aryl methyl sites for hydroxylation is 8. The first-order valence-electron chi connectivity index (χ1n) is 26.4. The van der Waals surface area contributed by atoms with Crippen molar-refractivity contribution in [2.45, 2.75) is 55.4 Å². The number of pyridine rings is 6. The number of hydrogen-bond donors (Lipinski definition) is 8. The summed E-state index contributed by atoms with van der Waals surface area (Å²) < 4.78 is 0. The first-order chi connectivity index (χ1) is 39.0. The van der Waals surface area contributed by atoms with Gasteiger partial charge in [0.25, 0.3) is 0 Å². The van der Waals surface area contributed by atoms with Gasteiger partial charge in [-0.25, -0.2) is 4.98 Å². The molecule has 0 spiro atoms. The highest BCUT2D eigenvalue weighted by Gasteiger charge is 2.01. The molecule has 400 valence electrons. The van der Waals surface area contributed by atoms with E-state index in [2.05, 4.69) is 159 Å². The Hall–Kier alpha value is -10.3. The number of nitrogens with one attached hydrogen (secondary N) is 8. The molecule has 0 bridgehead atoms. The van der Waals surface area contributed by atoms with Crippen molar-refractivity contribution in [2.75, 3.05) is 0 Å². The van der Waals surface area contributed by atoms with Crippen LogP contribution in [0.4, 0.5) is 0 Å². The minimum absolute atomic E-state index is 0.972. The van der Waals surface area contributed by atoms with Gasteiger partial charge in [0, 0.05) is 147 Å². The SMILES string of the molecule is Cc1c[nH]c2ccccc12.Cc1c[nH]c2cccnc12.Cc1c[nH]c2ccncc12.Cc1c[nH]c2cnccc12.Cc1c[nH]c2ncccc12.Cc1cc2ccccc2[nH]1.Cc1cc2cnccc2[nH]1.Cc1cc2ncccc2[nH]1. The van der Waals surface area contributed by atoms with E-state index in [4.69, 9.17) is 0 Å². The van der Waals surface area contributed by atoms with E-state index >= 15 is 0 Å². The normalized spacial score (nSPS) is 10.5. The molecule has 14 heteroatoms. The first-order valence-corrected chi connectivity index (χ1v) is 26.4. The molecule has 0 amide bonds. The molecule has 0 saturated carbocycles. The molecule has 0 fully saturated rings. The summed E-state index contributed by atoms with van der Waals surface area (Å²) >= 11 is 0. The predicted molar refractivity (Wildman–Crippen MR) is 331 cm³/mol. The van der Waals surface area contributed by atoms with E-state index in [1.54, 1.807) is 24.8 Å². The number of benzene rings is 2. The maximum Gasteiger partial charge on any atom is 0.137 e. The van der Waals surface area contributed by atoms with Crippen LogP contribution in [0.1, 0.15) is 44.9 Å². The number of rotatable bonds is 0. The van der Waals surface area contributed by atoms with E-state index in [1.807, 2.05) is 149 Å². The molecule has 2 aromatic carbocycles. The molecule has 0 saturated heterocycles. The van der Waals surface area contributed by atoms with Gasteiger partial charge in [-0.2, -0.15) is 0 Å². The maximum atomic E-state index is 4.21. The lowest BCUT2D eigenvalue weighted by Crippen LogP contribution is -1.72. The molecular weight excluding hydrogens is 989 g/mol. The van der Waals surface area contributed by atoms with Crippen molar-refractivity contribution in [3.8, 4) is 0 Å². The van der Waals surface area contributed by atoms with Crippen LogP contribution in [0.3, 0.4) is 0 Å². The standard InChI is InChI=1S/2C9H9N.6C8H8N2/c1-7-6-10-9-5-3-2-4-8(7)9;1-7-6-8-4-2-3-5-9(8)10-7;1-6-4-10-8-2-3-9-5-7(6)8;1-6-4-7-5-9-3-2-8(7)10-6;1-6-4-10-8-5-9-3-2-7(6)8;1-6-5-10-7-3-2-4-9-8(6)7;1-6-5-8-7(10-6)3-2-4-9-8;1-6-5-10-8-7(6)3-2-4-9-8/h2*2-6,10H,1H3;5*2-5,10H,1H3;2-5H,1H3,(H,9,10). The van der Waals surface area contributed by atoms with Gasteiger partial charge in [0.1, 0.15) is 5.65 Å². The minimum atomic E-state index is 0.972. The van der Waals surface area contributed by atoms with Crippen LogP contribution in [0.15, 0.2) is 208 Å². The zero-order valence-corrected chi connectivity index (χ0v) is 46.3. The molecule has 0 atom stereocenters. The zero-order chi connectivity index (χ0) is 55.8. The minimum Gasteiger partial charge on any atom is -0.361 e. The number of para-hydroxylation sites is 2. The van der Waals surface area contributed by atoms with Crippen LogP contribution in [0.2, 0.25) is 0 Å². The number of H-pyrrole nitrogens is 8. The Morgan fingerprint density at radius 1 is 0.300 bits per heavy atom. The third kappa shape index (κ3) is 14.0. The molecular formula is C66H66N14. The maximum absolute atomic E-state index is 4.21. The van der Waals surface area contributed by atoms with Crippen LogP contribution in [-0.2, 0) is 0 Å². The highest BCUT2D eigenvalue weighted by atomic mass is 14.8. The quantitative estimate of drug-likeness (QED) is 0.0742. The van der Waals surface area contributed by atoms with Crippen LogP contribution < -0.4 is 0 Å². The molecule has 0 aliphatic rings.